The fourth-order valence-corrected chi connectivity index (χ4v) is 3.46. The van der Waals surface area contributed by atoms with Crippen molar-refractivity contribution in [3.05, 3.63) is 65.2 Å². The van der Waals surface area contributed by atoms with E-state index in [1.54, 1.807) is 36.4 Å². The summed E-state index contributed by atoms with van der Waals surface area (Å²) in [5.41, 5.74) is 3.83. The molecule has 1 heterocycles. The molecule has 0 bridgehead atoms. The van der Waals surface area contributed by atoms with E-state index in [-0.39, 0.29) is 18.9 Å². The Balaban J connectivity index is 0.00000456. The summed E-state index contributed by atoms with van der Waals surface area (Å²) in [6, 6.07) is 12.4. The first kappa shape index (κ1) is 28.5. The van der Waals surface area contributed by atoms with Gasteiger partial charge in [-0.05, 0) is 55.5 Å². The highest BCUT2D eigenvalue weighted by molar-refractivity contribution is 5.97. The number of aliphatic hydroxyl groups is 1. The molecule has 2 atom stereocenters. The van der Waals surface area contributed by atoms with Crippen LogP contribution in [0.5, 0.6) is 0 Å². The van der Waals surface area contributed by atoms with Gasteiger partial charge in [-0.3, -0.25) is 24.5 Å². The Hall–Kier alpha value is -3.75. The summed E-state index contributed by atoms with van der Waals surface area (Å²) < 4.78 is 0. The quantitative estimate of drug-likeness (QED) is 0.187. The van der Waals surface area contributed by atoms with Crippen LogP contribution in [-0.2, 0) is 9.59 Å². The van der Waals surface area contributed by atoms with Gasteiger partial charge in [0.05, 0.1) is 12.6 Å². The summed E-state index contributed by atoms with van der Waals surface area (Å²) in [5, 5.41) is 26.9. The van der Waals surface area contributed by atoms with Gasteiger partial charge in [-0.1, -0.05) is 19.3 Å². The largest absolute Gasteiger partial charge is 0.391 e. The van der Waals surface area contributed by atoms with Crippen molar-refractivity contribution in [2.75, 3.05) is 38.0 Å². The van der Waals surface area contributed by atoms with Gasteiger partial charge in [0.25, 0.3) is 11.8 Å². The molecule has 0 radical (unpaired) electrons. The van der Waals surface area contributed by atoms with E-state index in [9.17, 15) is 19.5 Å². The van der Waals surface area contributed by atoms with Crippen molar-refractivity contribution < 1.29 is 24.7 Å². The van der Waals surface area contributed by atoms with Crippen molar-refractivity contribution in [2.45, 2.75) is 26.5 Å². The fraction of sp³-hybridized carbons (Fsp3) is 0.346. The number of carbonyl (C=O) groups is 3. The molecule has 6 N–H and O–H groups in total. The second-order valence-electron chi connectivity index (χ2n) is 8.15. The van der Waals surface area contributed by atoms with Crippen LogP contribution in [0.3, 0.4) is 0 Å². The summed E-state index contributed by atoms with van der Waals surface area (Å²) in [6.45, 7) is 5.19. The molecule has 2 aromatic rings. The molecule has 0 unspecified atom stereocenters. The molecule has 3 amide bonds. The smallest absolute Gasteiger partial charge is 0.268 e. The lowest BCUT2D eigenvalue weighted by Gasteiger charge is -2.26. The molecular formula is C26H33N5O5. The Morgan fingerprint density at radius 2 is 1.56 bits per heavy atom. The lowest BCUT2D eigenvalue weighted by atomic mass is 10.1. The Morgan fingerprint density at radius 3 is 2.08 bits per heavy atom. The topological polar surface area (TPSA) is 143 Å². The first-order valence-corrected chi connectivity index (χ1v) is 11.2. The number of nitrogens with one attached hydrogen (secondary N) is 4. The van der Waals surface area contributed by atoms with Gasteiger partial charge >= 0.3 is 0 Å². The maximum atomic E-state index is 12.3. The monoisotopic (exact) mass is 495 g/mol. The number of rotatable bonds is 7. The summed E-state index contributed by atoms with van der Waals surface area (Å²) in [6.07, 6.45) is -1.19. The minimum absolute atomic E-state index is 0. The van der Waals surface area contributed by atoms with Gasteiger partial charge in [-0.2, -0.15) is 0 Å². The number of hydrogen-bond acceptors (Lipinski definition) is 7. The lowest BCUT2D eigenvalue weighted by molar-refractivity contribution is -0.133. The molecule has 1 aliphatic heterocycles. The van der Waals surface area contributed by atoms with E-state index in [0.717, 1.165) is 31.7 Å². The van der Waals surface area contributed by atoms with Gasteiger partial charge in [0, 0.05) is 48.6 Å². The Morgan fingerprint density at radius 1 is 1.00 bits per heavy atom. The number of hydrogen-bond donors (Lipinski definition) is 6. The van der Waals surface area contributed by atoms with E-state index in [1.165, 1.54) is 12.4 Å². The van der Waals surface area contributed by atoms with Crippen LogP contribution in [0.15, 0.2) is 48.5 Å². The minimum Gasteiger partial charge on any atom is -0.391 e. The second-order valence-corrected chi connectivity index (χ2v) is 8.15. The fourth-order valence-electron chi connectivity index (χ4n) is 3.46. The summed E-state index contributed by atoms with van der Waals surface area (Å²) in [4.78, 5) is 38.2. The number of anilines is 1. The maximum Gasteiger partial charge on any atom is 0.268 e. The first-order valence-electron chi connectivity index (χ1n) is 11.2. The Bertz CT molecular complexity index is 1080. The number of piperazine rings is 1. The van der Waals surface area contributed by atoms with Crippen LogP contribution < -0.4 is 21.4 Å². The van der Waals surface area contributed by atoms with Crippen LogP contribution >= 0.6 is 0 Å². The predicted molar refractivity (Wildman–Crippen MR) is 136 cm³/mol. The minimum atomic E-state index is -1.29. The zero-order valence-electron chi connectivity index (χ0n) is 19.4. The summed E-state index contributed by atoms with van der Waals surface area (Å²) >= 11 is 0. The molecule has 2 aromatic carbocycles. The molecule has 36 heavy (non-hydrogen) atoms. The highest BCUT2D eigenvalue weighted by Crippen LogP contribution is 2.10. The highest BCUT2D eigenvalue weighted by Gasteiger charge is 2.25. The van der Waals surface area contributed by atoms with E-state index in [4.69, 9.17) is 5.21 Å². The predicted octanol–water partition coefficient (Wildman–Crippen LogP) is 0.551. The van der Waals surface area contributed by atoms with E-state index in [0.29, 0.717) is 17.8 Å². The first-order chi connectivity index (χ1) is 16.9. The molecule has 10 nitrogen and oxygen atoms in total. The molecule has 0 spiro atoms. The molecule has 1 saturated heterocycles. The molecule has 10 heteroatoms. The van der Waals surface area contributed by atoms with Gasteiger partial charge in [-0.25, -0.2) is 5.48 Å². The van der Waals surface area contributed by atoms with Gasteiger partial charge in [0.1, 0.15) is 6.04 Å². The van der Waals surface area contributed by atoms with Crippen molar-refractivity contribution in [3.63, 3.8) is 0 Å². The molecule has 1 aliphatic rings. The molecule has 0 aliphatic carbocycles. The number of aliphatic hydroxyl groups excluding tert-OH is 1. The average molecular weight is 496 g/mol. The van der Waals surface area contributed by atoms with Crippen LogP contribution in [-0.4, -0.2) is 77.8 Å². The van der Waals surface area contributed by atoms with Crippen molar-refractivity contribution in [2.24, 2.45) is 0 Å². The normalized spacial score (nSPS) is 14.8. The number of amides is 3. The van der Waals surface area contributed by atoms with Crippen LogP contribution in [0.1, 0.15) is 35.8 Å². The Kier molecular flexibility index (Phi) is 11.1. The van der Waals surface area contributed by atoms with E-state index < -0.39 is 24.0 Å². The standard InChI is InChI=1S/C25H29N5O5.CH4/c1-17(31)23(25(34)29-35)28-24(33)20-8-4-18(5-9-20)2-3-19-6-10-21(11-7-19)27-22(32)16-30-14-12-26-13-15-30;/h4-11,17,23,26,31,35H,12-16H2,1H3,(H,27,32)(H,28,33)(H,29,34);1H4/t17-,23+;/m1./s1. The summed E-state index contributed by atoms with van der Waals surface area (Å²) in [7, 11) is 0. The van der Waals surface area contributed by atoms with E-state index in [2.05, 4.69) is 32.7 Å². The Labute approximate surface area is 211 Å². The van der Waals surface area contributed by atoms with Gasteiger partial charge in [-0.15, -0.1) is 0 Å². The van der Waals surface area contributed by atoms with Gasteiger partial charge < -0.3 is 21.1 Å². The molecule has 0 saturated carbocycles. The van der Waals surface area contributed by atoms with Crippen molar-refractivity contribution in [1.29, 1.82) is 0 Å². The van der Waals surface area contributed by atoms with Gasteiger partial charge in [0.15, 0.2) is 0 Å². The number of hydroxylamine groups is 1. The van der Waals surface area contributed by atoms with Crippen molar-refractivity contribution >= 4 is 23.4 Å². The number of carbonyl (C=O) groups excluding carboxylic acids is 3. The average Bonchev–Trinajstić information content (AvgIpc) is 2.87. The van der Waals surface area contributed by atoms with E-state index >= 15 is 0 Å². The summed E-state index contributed by atoms with van der Waals surface area (Å²) in [5.74, 6) is 4.50. The van der Waals surface area contributed by atoms with Crippen LogP contribution in [0.2, 0.25) is 0 Å². The van der Waals surface area contributed by atoms with Crippen molar-refractivity contribution in [3.8, 4) is 11.8 Å². The lowest BCUT2D eigenvalue weighted by Crippen LogP contribution is -2.51. The molecule has 192 valence electrons. The van der Waals surface area contributed by atoms with Crippen LogP contribution in [0.25, 0.3) is 0 Å². The van der Waals surface area contributed by atoms with Gasteiger partial charge in [0.2, 0.25) is 5.91 Å². The number of benzene rings is 2. The van der Waals surface area contributed by atoms with E-state index in [1.807, 2.05) is 12.1 Å². The second kappa shape index (κ2) is 14.0. The SMILES string of the molecule is C.C[C@@H](O)[C@H](NC(=O)c1ccc(C#Cc2ccc(NC(=O)CN3CCNCC3)cc2)cc1)C(=O)NO. The molecule has 0 aromatic heterocycles. The zero-order valence-corrected chi connectivity index (χ0v) is 19.4. The third-order valence-electron chi connectivity index (χ3n) is 5.41. The van der Waals surface area contributed by atoms with Crippen LogP contribution in [0, 0.1) is 11.8 Å². The highest BCUT2D eigenvalue weighted by atomic mass is 16.5. The zero-order chi connectivity index (χ0) is 25.2. The third-order valence-corrected chi connectivity index (χ3v) is 5.41. The molecule has 3 rings (SSSR count). The van der Waals surface area contributed by atoms with Crippen LogP contribution in [0.4, 0.5) is 5.69 Å². The number of nitrogens with zero attached hydrogens (tertiary/aromatic N) is 1. The molecular weight excluding hydrogens is 462 g/mol. The molecule has 1 fully saturated rings. The maximum absolute atomic E-state index is 12.3. The van der Waals surface area contributed by atoms with Crippen molar-refractivity contribution in [1.82, 2.24) is 21.0 Å². The third kappa shape index (κ3) is 8.48.